The van der Waals surface area contributed by atoms with Crippen LogP contribution in [0.1, 0.15) is 17.8 Å². The van der Waals surface area contributed by atoms with Gasteiger partial charge in [0.25, 0.3) is 6.43 Å². The van der Waals surface area contributed by atoms with E-state index in [2.05, 4.69) is 9.72 Å². The zero-order valence-electron chi connectivity index (χ0n) is 9.17. The summed E-state index contributed by atoms with van der Waals surface area (Å²) in [5, 5.41) is 0. The minimum atomic E-state index is -2.75. The first kappa shape index (κ1) is 14.1. The molecule has 1 aromatic heterocycles. The fraction of sp³-hybridized carbons (Fsp3) is 0.400. The van der Waals surface area contributed by atoms with Gasteiger partial charge in [0.1, 0.15) is 11.4 Å². The fourth-order valence-electron chi connectivity index (χ4n) is 1.18. The highest BCUT2D eigenvalue weighted by atomic mass is 127. The van der Waals surface area contributed by atoms with Gasteiger partial charge in [-0.05, 0) is 28.7 Å². The summed E-state index contributed by atoms with van der Waals surface area (Å²) in [4.78, 5) is 14.8. The van der Waals surface area contributed by atoms with Crippen LogP contribution in [0, 0.1) is 3.57 Å². The number of nitrogens with zero attached hydrogens (tertiary/aromatic N) is 1. The molecule has 0 aliphatic heterocycles. The van der Waals surface area contributed by atoms with Crippen LogP contribution >= 0.6 is 22.6 Å². The molecule has 0 bridgehead atoms. The summed E-state index contributed by atoms with van der Waals surface area (Å²) in [6.07, 6.45) is -2.89. The van der Waals surface area contributed by atoms with Crippen LogP contribution in [0.5, 0.6) is 5.75 Å². The second kappa shape index (κ2) is 6.08. The van der Waals surface area contributed by atoms with Crippen molar-refractivity contribution in [1.82, 2.24) is 4.98 Å². The second-order valence-corrected chi connectivity index (χ2v) is 4.22. The first-order valence-electron chi connectivity index (χ1n) is 4.57. The molecule has 0 aromatic carbocycles. The summed E-state index contributed by atoms with van der Waals surface area (Å²) in [7, 11) is 2.52. The third-order valence-electron chi connectivity index (χ3n) is 2.01. The Morgan fingerprint density at radius 2 is 2.18 bits per heavy atom. The van der Waals surface area contributed by atoms with Crippen LogP contribution in [0.2, 0.25) is 0 Å². The Bertz CT molecular complexity index is 426. The molecule has 0 unspecified atom stereocenters. The molecule has 1 aromatic rings. The van der Waals surface area contributed by atoms with Gasteiger partial charge >= 0.3 is 5.97 Å². The van der Waals surface area contributed by atoms with Crippen LogP contribution in [-0.2, 0) is 16.0 Å². The summed E-state index contributed by atoms with van der Waals surface area (Å²) in [6.45, 7) is 0. The van der Waals surface area contributed by atoms with Gasteiger partial charge in [-0.2, -0.15) is 0 Å². The van der Waals surface area contributed by atoms with Crippen molar-refractivity contribution in [3.05, 3.63) is 21.0 Å². The van der Waals surface area contributed by atoms with Crippen LogP contribution in [0.4, 0.5) is 8.78 Å². The highest BCUT2D eigenvalue weighted by Crippen LogP contribution is 2.29. The zero-order chi connectivity index (χ0) is 13.0. The van der Waals surface area contributed by atoms with Gasteiger partial charge < -0.3 is 9.47 Å². The Balaban J connectivity index is 3.15. The van der Waals surface area contributed by atoms with E-state index >= 15 is 0 Å². The Kier molecular flexibility index (Phi) is 5.03. The lowest BCUT2D eigenvalue weighted by molar-refractivity contribution is -0.139. The van der Waals surface area contributed by atoms with Gasteiger partial charge in [0, 0.05) is 3.57 Å². The van der Waals surface area contributed by atoms with Gasteiger partial charge in [-0.1, -0.05) is 0 Å². The van der Waals surface area contributed by atoms with Gasteiger partial charge in [-0.3, -0.25) is 4.79 Å². The lowest BCUT2D eigenvalue weighted by Crippen LogP contribution is -2.10. The van der Waals surface area contributed by atoms with E-state index in [9.17, 15) is 13.6 Å². The van der Waals surface area contributed by atoms with Crippen LogP contribution in [0.3, 0.4) is 0 Å². The quantitative estimate of drug-likeness (QED) is 0.613. The molecule has 0 saturated heterocycles. The van der Waals surface area contributed by atoms with Crippen LogP contribution < -0.4 is 4.74 Å². The van der Waals surface area contributed by atoms with Crippen molar-refractivity contribution >= 4 is 28.6 Å². The van der Waals surface area contributed by atoms with E-state index in [0.29, 0.717) is 3.57 Å². The fourth-order valence-corrected chi connectivity index (χ4v) is 1.77. The normalized spacial score (nSPS) is 10.5. The van der Waals surface area contributed by atoms with Crippen molar-refractivity contribution < 1.29 is 23.0 Å². The monoisotopic (exact) mass is 357 g/mol. The number of hydrogen-bond donors (Lipinski definition) is 0. The predicted molar refractivity (Wildman–Crippen MR) is 64.2 cm³/mol. The molecular weight excluding hydrogens is 347 g/mol. The van der Waals surface area contributed by atoms with Gasteiger partial charge in [-0.25, -0.2) is 13.8 Å². The van der Waals surface area contributed by atoms with Crippen LogP contribution in [0.25, 0.3) is 0 Å². The standard InChI is InChI=1S/C10H10F2INO3/c1-16-7-3-5(13)6(4-8(15)17-2)14-9(7)10(11)12/h3,10H,4H2,1-2H3. The molecule has 0 spiro atoms. The van der Waals surface area contributed by atoms with Crippen molar-refractivity contribution in [3.63, 3.8) is 0 Å². The number of hydrogen-bond acceptors (Lipinski definition) is 4. The first-order chi connectivity index (χ1) is 7.99. The second-order valence-electron chi connectivity index (χ2n) is 3.06. The minimum Gasteiger partial charge on any atom is -0.495 e. The summed E-state index contributed by atoms with van der Waals surface area (Å²) < 4.78 is 35.2. The van der Waals surface area contributed by atoms with E-state index < -0.39 is 18.1 Å². The first-order valence-corrected chi connectivity index (χ1v) is 5.65. The topological polar surface area (TPSA) is 48.4 Å². The molecule has 0 atom stereocenters. The molecule has 0 saturated carbocycles. The molecule has 1 heterocycles. The van der Waals surface area contributed by atoms with Gasteiger partial charge in [0.05, 0.1) is 26.3 Å². The number of halogens is 3. The van der Waals surface area contributed by atoms with Gasteiger partial charge in [0.15, 0.2) is 0 Å². The number of ether oxygens (including phenoxy) is 2. The molecule has 0 aliphatic carbocycles. The molecule has 0 amide bonds. The Hall–Kier alpha value is -0.990. The lowest BCUT2D eigenvalue weighted by atomic mass is 10.2. The number of pyridine rings is 1. The summed E-state index contributed by atoms with van der Waals surface area (Å²) in [5.74, 6) is -0.515. The van der Waals surface area contributed by atoms with E-state index in [1.807, 2.05) is 22.6 Å². The van der Waals surface area contributed by atoms with Crippen molar-refractivity contribution in [2.45, 2.75) is 12.8 Å². The summed E-state index contributed by atoms with van der Waals surface area (Å²) in [5.41, 5.74) is -0.208. The maximum Gasteiger partial charge on any atom is 0.311 e. The smallest absolute Gasteiger partial charge is 0.311 e. The molecular formula is C10H10F2INO3. The van der Waals surface area contributed by atoms with E-state index in [-0.39, 0.29) is 17.9 Å². The van der Waals surface area contributed by atoms with Crippen molar-refractivity contribution in [3.8, 4) is 5.75 Å². The molecule has 17 heavy (non-hydrogen) atoms. The number of alkyl halides is 2. The zero-order valence-corrected chi connectivity index (χ0v) is 11.3. The number of esters is 1. The Morgan fingerprint density at radius 1 is 1.53 bits per heavy atom. The SMILES string of the molecule is COC(=O)Cc1nc(C(F)F)c(OC)cc1I. The maximum atomic E-state index is 12.7. The highest BCUT2D eigenvalue weighted by molar-refractivity contribution is 14.1. The highest BCUT2D eigenvalue weighted by Gasteiger charge is 2.20. The molecule has 0 fully saturated rings. The number of aromatic nitrogens is 1. The van der Waals surface area contributed by atoms with E-state index in [0.717, 1.165) is 0 Å². The average molecular weight is 357 g/mol. The third-order valence-corrected chi connectivity index (χ3v) is 2.94. The van der Waals surface area contributed by atoms with E-state index in [1.165, 1.54) is 20.3 Å². The van der Waals surface area contributed by atoms with E-state index in [1.54, 1.807) is 0 Å². The molecule has 0 radical (unpaired) electrons. The number of carbonyl (C=O) groups excluding carboxylic acids is 1. The third kappa shape index (κ3) is 3.48. The van der Waals surface area contributed by atoms with E-state index in [4.69, 9.17) is 4.74 Å². The molecule has 1 rings (SSSR count). The largest absolute Gasteiger partial charge is 0.495 e. The minimum absolute atomic E-state index is 0.0121. The van der Waals surface area contributed by atoms with Crippen LogP contribution in [0.15, 0.2) is 6.07 Å². The van der Waals surface area contributed by atoms with Crippen molar-refractivity contribution in [2.75, 3.05) is 14.2 Å². The molecule has 4 nitrogen and oxygen atoms in total. The Morgan fingerprint density at radius 3 is 2.65 bits per heavy atom. The summed E-state index contributed by atoms with van der Waals surface area (Å²) in [6, 6.07) is 1.42. The Labute approximate surface area is 110 Å². The van der Waals surface area contributed by atoms with Crippen molar-refractivity contribution in [1.29, 1.82) is 0 Å². The summed E-state index contributed by atoms with van der Waals surface area (Å²) >= 11 is 1.90. The van der Waals surface area contributed by atoms with Gasteiger partial charge in [0.2, 0.25) is 0 Å². The number of carbonyl (C=O) groups is 1. The van der Waals surface area contributed by atoms with Gasteiger partial charge in [-0.15, -0.1) is 0 Å². The van der Waals surface area contributed by atoms with Crippen LogP contribution in [-0.4, -0.2) is 25.2 Å². The molecule has 94 valence electrons. The predicted octanol–water partition coefficient (Wildman–Crippen LogP) is 2.35. The molecule has 7 heteroatoms. The number of rotatable bonds is 4. The maximum absolute atomic E-state index is 12.7. The number of methoxy groups -OCH3 is 2. The average Bonchev–Trinajstić information content (AvgIpc) is 2.30. The van der Waals surface area contributed by atoms with Crippen molar-refractivity contribution in [2.24, 2.45) is 0 Å². The molecule has 0 N–H and O–H groups in total. The molecule has 0 aliphatic rings. The lowest BCUT2D eigenvalue weighted by Gasteiger charge is -2.10.